The second-order valence-corrected chi connectivity index (χ2v) is 12.5. The third-order valence-electron chi connectivity index (χ3n) is 5.93. The molecule has 1 N–H and O–H groups in total. The summed E-state index contributed by atoms with van der Waals surface area (Å²) in [7, 11) is -4.22. The maximum Gasteiger partial charge on any atom is 0.264 e. The number of rotatable bonds is 11. The van der Waals surface area contributed by atoms with E-state index in [0.717, 1.165) is 4.31 Å². The molecule has 0 aliphatic heterocycles. The average molecular weight is 611 g/mol. The second kappa shape index (κ2) is 13.5. The van der Waals surface area contributed by atoms with Crippen molar-refractivity contribution in [3.8, 4) is 0 Å². The molecule has 0 unspecified atom stereocenters. The summed E-state index contributed by atoms with van der Waals surface area (Å²) < 4.78 is 28.5. The van der Waals surface area contributed by atoms with Crippen LogP contribution < -0.4 is 9.62 Å². The van der Waals surface area contributed by atoms with Gasteiger partial charge in [0.25, 0.3) is 10.0 Å². The minimum atomic E-state index is -4.22. The summed E-state index contributed by atoms with van der Waals surface area (Å²) >= 11 is 18.5. The highest BCUT2D eigenvalue weighted by Crippen LogP contribution is 2.28. The molecule has 0 heterocycles. The van der Waals surface area contributed by atoms with Gasteiger partial charge in [-0.2, -0.15) is 0 Å². The summed E-state index contributed by atoms with van der Waals surface area (Å²) in [4.78, 5) is 28.2. The van der Waals surface area contributed by atoms with Crippen molar-refractivity contribution in [3.05, 3.63) is 93.4 Å². The number of nitrogens with one attached hydrogen (secondary N) is 1. The van der Waals surface area contributed by atoms with Gasteiger partial charge in [0.05, 0.1) is 10.6 Å². The number of sulfonamides is 1. The Morgan fingerprint density at radius 3 is 2.15 bits per heavy atom. The lowest BCUT2D eigenvalue weighted by Gasteiger charge is -2.32. The van der Waals surface area contributed by atoms with Gasteiger partial charge in [0.2, 0.25) is 11.8 Å². The molecule has 1 atom stereocenters. The molecule has 3 aromatic rings. The third kappa shape index (κ3) is 8.11. The standard InChI is InChI=1S/C28H30Cl3N3O4S/c1-19(2)16-32-28(36)20(3)33(17-21-7-4-5-10-26(21)31)27(35)18-34(24-9-6-8-23(30)15-24)39(37,38)25-13-11-22(29)12-14-25/h4-15,19-20H,16-18H2,1-3H3,(H,32,36)/t20-/m1/s1. The molecule has 0 aliphatic rings. The Morgan fingerprint density at radius 1 is 0.872 bits per heavy atom. The Hall–Kier alpha value is -2.78. The van der Waals surface area contributed by atoms with Crippen LogP contribution in [0.15, 0.2) is 77.7 Å². The monoisotopic (exact) mass is 609 g/mol. The van der Waals surface area contributed by atoms with Gasteiger partial charge in [0, 0.05) is 28.2 Å². The Kier molecular flexibility index (Phi) is 10.7. The van der Waals surface area contributed by atoms with E-state index in [4.69, 9.17) is 34.8 Å². The van der Waals surface area contributed by atoms with Gasteiger partial charge in [-0.15, -0.1) is 0 Å². The Balaban J connectivity index is 2.02. The maximum atomic E-state index is 13.9. The van der Waals surface area contributed by atoms with E-state index in [9.17, 15) is 18.0 Å². The number of carbonyl (C=O) groups is 2. The number of amides is 2. The van der Waals surface area contributed by atoms with Crippen LogP contribution in [0.1, 0.15) is 26.3 Å². The number of hydrogen-bond acceptors (Lipinski definition) is 4. The molecule has 0 fully saturated rings. The normalized spacial score (nSPS) is 12.2. The highest BCUT2D eigenvalue weighted by molar-refractivity contribution is 7.92. The van der Waals surface area contributed by atoms with Crippen LogP contribution in [0.2, 0.25) is 15.1 Å². The van der Waals surface area contributed by atoms with Crippen LogP contribution in [0.5, 0.6) is 0 Å². The van der Waals surface area contributed by atoms with Crippen LogP contribution in [0, 0.1) is 5.92 Å². The lowest BCUT2D eigenvalue weighted by atomic mass is 10.1. The van der Waals surface area contributed by atoms with Crippen LogP contribution in [-0.2, 0) is 26.2 Å². The van der Waals surface area contributed by atoms with Crippen molar-refractivity contribution in [3.63, 3.8) is 0 Å². The zero-order valence-corrected chi connectivity index (χ0v) is 24.9. The molecule has 3 aromatic carbocycles. The van der Waals surface area contributed by atoms with Crippen molar-refractivity contribution >= 4 is 62.3 Å². The van der Waals surface area contributed by atoms with E-state index in [1.807, 2.05) is 13.8 Å². The summed E-state index contributed by atoms with van der Waals surface area (Å²) in [5.74, 6) is -0.754. The minimum absolute atomic E-state index is 0.000843. The van der Waals surface area contributed by atoms with Crippen LogP contribution in [0.3, 0.4) is 0 Å². The van der Waals surface area contributed by atoms with Gasteiger partial charge in [0.1, 0.15) is 12.6 Å². The zero-order chi connectivity index (χ0) is 28.7. The smallest absolute Gasteiger partial charge is 0.264 e. The molecule has 0 aliphatic carbocycles. The fourth-order valence-electron chi connectivity index (χ4n) is 3.74. The molecule has 0 saturated carbocycles. The van der Waals surface area contributed by atoms with Crippen molar-refractivity contribution in [2.24, 2.45) is 5.92 Å². The zero-order valence-electron chi connectivity index (χ0n) is 21.8. The lowest BCUT2D eigenvalue weighted by Crippen LogP contribution is -2.51. The SMILES string of the molecule is CC(C)CNC(=O)[C@@H](C)N(Cc1ccccc1Cl)C(=O)CN(c1cccc(Cl)c1)S(=O)(=O)c1ccc(Cl)cc1. The quantitative estimate of drug-likeness (QED) is 0.287. The summed E-state index contributed by atoms with van der Waals surface area (Å²) in [5.41, 5.74) is 0.811. The van der Waals surface area contributed by atoms with Crippen molar-refractivity contribution in [1.29, 1.82) is 0 Å². The predicted octanol–water partition coefficient (Wildman–Crippen LogP) is 6.03. The Bertz CT molecular complexity index is 1420. The van der Waals surface area contributed by atoms with E-state index < -0.39 is 28.5 Å². The van der Waals surface area contributed by atoms with E-state index >= 15 is 0 Å². The van der Waals surface area contributed by atoms with Crippen LogP contribution >= 0.6 is 34.8 Å². The molecule has 3 rings (SSSR count). The molecule has 208 valence electrons. The van der Waals surface area contributed by atoms with Crippen molar-refractivity contribution in [2.75, 3.05) is 17.4 Å². The summed E-state index contributed by atoms with van der Waals surface area (Å²) in [6, 6.07) is 17.9. The third-order valence-corrected chi connectivity index (χ3v) is 8.57. The number of benzene rings is 3. The molecule has 7 nitrogen and oxygen atoms in total. The molecule has 0 bridgehead atoms. The fraction of sp³-hybridized carbons (Fsp3) is 0.286. The molecule has 11 heteroatoms. The number of hydrogen-bond donors (Lipinski definition) is 1. The first kappa shape index (κ1) is 30.8. The van der Waals surface area contributed by atoms with Gasteiger partial charge in [-0.25, -0.2) is 8.42 Å². The molecule has 2 amide bonds. The summed E-state index contributed by atoms with van der Waals surface area (Å²) in [6.07, 6.45) is 0. The van der Waals surface area contributed by atoms with E-state index in [0.29, 0.717) is 27.2 Å². The van der Waals surface area contributed by atoms with Crippen molar-refractivity contribution in [1.82, 2.24) is 10.2 Å². The summed E-state index contributed by atoms with van der Waals surface area (Å²) in [6.45, 7) is 5.36. The Labute approximate surface area is 244 Å². The number of nitrogens with zero attached hydrogens (tertiary/aromatic N) is 2. The molecule has 0 radical (unpaired) electrons. The average Bonchev–Trinajstić information content (AvgIpc) is 2.89. The van der Waals surface area contributed by atoms with E-state index in [1.165, 1.54) is 35.2 Å². The van der Waals surface area contributed by atoms with Crippen molar-refractivity contribution < 1.29 is 18.0 Å². The van der Waals surface area contributed by atoms with Crippen molar-refractivity contribution in [2.45, 2.75) is 38.3 Å². The second-order valence-electron chi connectivity index (χ2n) is 9.37. The first-order chi connectivity index (χ1) is 18.4. The van der Waals surface area contributed by atoms with Gasteiger partial charge in [-0.3, -0.25) is 13.9 Å². The fourth-order valence-corrected chi connectivity index (χ4v) is 5.65. The topological polar surface area (TPSA) is 86.8 Å². The Morgan fingerprint density at radius 2 is 1.54 bits per heavy atom. The maximum absolute atomic E-state index is 13.9. The largest absolute Gasteiger partial charge is 0.354 e. The molecule has 0 aromatic heterocycles. The van der Waals surface area contributed by atoms with E-state index in [1.54, 1.807) is 49.4 Å². The lowest BCUT2D eigenvalue weighted by molar-refractivity contribution is -0.139. The molecule has 0 saturated heterocycles. The highest BCUT2D eigenvalue weighted by Gasteiger charge is 2.33. The predicted molar refractivity (Wildman–Crippen MR) is 157 cm³/mol. The highest BCUT2D eigenvalue weighted by atomic mass is 35.5. The van der Waals surface area contributed by atoms with E-state index in [2.05, 4.69) is 5.32 Å². The number of carbonyl (C=O) groups excluding carboxylic acids is 2. The molecular weight excluding hydrogens is 581 g/mol. The first-order valence-corrected chi connectivity index (χ1v) is 14.8. The van der Waals surface area contributed by atoms with E-state index in [-0.39, 0.29) is 29.0 Å². The van der Waals surface area contributed by atoms with Gasteiger partial charge < -0.3 is 10.2 Å². The van der Waals surface area contributed by atoms with Gasteiger partial charge in [-0.1, -0.05) is 72.9 Å². The van der Waals surface area contributed by atoms with Crippen LogP contribution in [0.4, 0.5) is 5.69 Å². The van der Waals surface area contributed by atoms with Gasteiger partial charge >= 0.3 is 0 Å². The van der Waals surface area contributed by atoms with Gasteiger partial charge in [-0.05, 0) is 66.9 Å². The van der Waals surface area contributed by atoms with Crippen LogP contribution in [0.25, 0.3) is 0 Å². The minimum Gasteiger partial charge on any atom is -0.354 e. The van der Waals surface area contributed by atoms with Gasteiger partial charge in [0.15, 0.2) is 0 Å². The molecular formula is C28H30Cl3N3O4S. The molecule has 39 heavy (non-hydrogen) atoms. The van der Waals surface area contributed by atoms with Crippen LogP contribution in [-0.4, -0.2) is 44.3 Å². The summed E-state index contributed by atoms with van der Waals surface area (Å²) in [5, 5.41) is 3.93. The number of anilines is 1. The molecule has 0 spiro atoms. The number of halogens is 3. The first-order valence-electron chi connectivity index (χ1n) is 12.2.